The number of para-hydroxylation sites is 2. The predicted molar refractivity (Wildman–Crippen MR) is 155 cm³/mol. The monoisotopic (exact) mass is 557 g/mol. The number of carbonyl (C=O) groups excluding carboxylic acids is 3. The zero-order valence-electron chi connectivity index (χ0n) is 22.4. The maximum absolute atomic E-state index is 13.1. The lowest BCUT2D eigenvalue weighted by atomic mass is 9.82. The Bertz CT molecular complexity index is 1480. The first kappa shape index (κ1) is 27.6. The Balaban J connectivity index is 1.20. The molecular weight excluding hydrogens is 526 g/mol. The minimum atomic E-state index is -0.728. The largest absolute Gasteiger partial charge is 0.434 e. The summed E-state index contributed by atoms with van der Waals surface area (Å²) < 4.78 is 5.62. The van der Waals surface area contributed by atoms with Crippen LogP contribution in [0.1, 0.15) is 66.5 Å². The third-order valence-corrected chi connectivity index (χ3v) is 7.90. The van der Waals surface area contributed by atoms with Crippen LogP contribution in [-0.4, -0.2) is 34.7 Å². The molecule has 1 unspecified atom stereocenters. The number of hydrogen-bond acceptors (Lipinski definition) is 5. The fraction of sp³-hybridized carbons (Fsp3) is 0.312. The lowest BCUT2D eigenvalue weighted by Crippen LogP contribution is -2.46. The van der Waals surface area contributed by atoms with Gasteiger partial charge in [0.2, 0.25) is 11.7 Å². The molecule has 206 valence electrons. The Morgan fingerprint density at radius 1 is 0.975 bits per heavy atom. The van der Waals surface area contributed by atoms with Gasteiger partial charge in [-0.15, -0.1) is 0 Å². The van der Waals surface area contributed by atoms with E-state index in [9.17, 15) is 14.4 Å². The first-order chi connectivity index (χ1) is 19.4. The van der Waals surface area contributed by atoms with E-state index < -0.39 is 6.04 Å². The normalized spacial score (nSPS) is 17.8. The van der Waals surface area contributed by atoms with E-state index in [0.717, 1.165) is 36.8 Å². The quantitative estimate of drug-likeness (QED) is 0.226. The average molecular weight is 558 g/mol. The van der Waals surface area contributed by atoms with Crippen LogP contribution in [0.2, 0.25) is 5.02 Å². The minimum Gasteiger partial charge on any atom is -0.434 e. The number of rotatable bonds is 9. The van der Waals surface area contributed by atoms with E-state index in [1.165, 1.54) is 0 Å². The molecule has 5 rings (SSSR count). The van der Waals surface area contributed by atoms with E-state index >= 15 is 0 Å². The number of ketones is 1. The predicted octanol–water partition coefficient (Wildman–Crippen LogP) is 6.60. The molecule has 1 saturated carbocycles. The van der Waals surface area contributed by atoms with E-state index in [4.69, 9.17) is 16.0 Å². The molecule has 0 saturated heterocycles. The van der Waals surface area contributed by atoms with Crippen molar-refractivity contribution in [2.75, 3.05) is 0 Å². The van der Waals surface area contributed by atoms with Gasteiger partial charge in [-0.05, 0) is 61.1 Å². The van der Waals surface area contributed by atoms with Crippen LogP contribution in [0, 0.1) is 5.92 Å². The maximum atomic E-state index is 13.1. The number of aromatic nitrogens is 1. The third-order valence-electron chi connectivity index (χ3n) is 7.57. The van der Waals surface area contributed by atoms with E-state index in [1.54, 1.807) is 24.3 Å². The highest BCUT2D eigenvalue weighted by Gasteiger charge is 2.31. The van der Waals surface area contributed by atoms with E-state index in [1.807, 2.05) is 55.5 Å². The number of fused-ring (bicyclic) bond motifs is 1. The lowest BCUT2D eigenvalue weighted by Gasteiger charge is -2.32. The standard InChI is InChI=1S/C32H32ClN3O4/c1-2-25(30(38)32-36-27-13-7-8-14-28(27)40-32)34-29(37)19-22-9-3-6-12-26(22)35-31(39)21-17-15-20(16-18-21)23-10-4-5-11-24(23)33/h4-5,7-8,10-11,13-18,22,25-26H,2-3,6,9,12,19H2,1H3,(H,34,37)(H,35,39)/t22?,25-,26-/m0/s1. The summed E-state index contributed by atoms with van der Waals surface area (Å²) in [6.07, 6.45) is 4.27. The summed E-state index contributed by atoms with van der Waals surface area (Å²) in [5, 5.41) is 6.69. The molecule has 1 heterocycles. The molecule has 3 atom stereocenters. The van der Waals surface area contributed by atoms with Gasteiger partial charge >= 0.3 is 0 Å². The van der Waals surface area contributed by atoms with E-state index in [2.05, 4.69) is 15.6 Å². The zero-order valence-corrected chi connectivity index (χ0v) is 23.1. The van der Waals surface area contributed by atoms with Crippen LogP contribution in [0.25, 0.3) is 22.2 Å². The molecule has 0 radical (unpaired) electrons. The number of amides is 2. The second-order valence-electron chi connectivity index (χ2n) is 10.3. The number of nitrogens with zero attached hydrogens (tertiary/aromatic N) is 1. The smallest absolute Gasteiger partial charge is 0.266 e. The molecule has 1 aliphatic rings. The lowest BCUT2D eigenvalue weighted by molar-refractivity contribution is -0.123. The van der Waals surface area contributed by atoms with Gasteiger partial charge in [-0.2, -0.15) is 0 Å². The number of Topliss-reactive ketones (excluding diaryl/α,β-unsaturated/α-hetero) is 1. The molecule has 3 aromatic carbocycles. The van der Waals surface area contributed by atoms with Crippen LogP contribution < -0.4 is 10.6 Å². The number of oxazole rings is 1. The van der Waals surface area contributed by atoms with Crippen molar-refractivity contribution < 1.29 is 18.8 Å². The molecular formula is C32H32ClN3O4. The average Bonchev–Trinajstić information content (AvgIpc) is 3.41. The first-order valence-electron chi connectivity index (χ1n) is 13.8. The SMILES string of the molecule is CC[C@H](NC(=O)CC1CCCC[C@@H]1NC(=O)c1ccc(-c2ccccc2Cl)cc1)C(=O)c1nc2ccccc2o1. The first-order valence-corrected chi connectivity index (χ1v) is 14.2. The fourth-order valence-corrected chi connectivity index (χ4v) is 5.61. The molecule has 1 fully saturated rings. The van der Waals surface area contributed by atoms with Gasteiger partial charge in [0, 0.05) is 28.6 Å². The summed E-state index contributed by atoms with van der Waals surface area (Å²) in [4.78, 5) is 43.5. The van der Waals surface area contributed by atoms with Gasteiger partial charge in [0.15, 0.2) is 5.58 Å². The summed E-state index contributed by atoms with van der Waals surface area (Å²) in [7, 11) is 0. The Morgan fingerprint density at radius 3 is 2.45 bits per heavy atom. The van der Waals surface area contributed by atoms with Crippen molar-refractivity contribution in [3.8, 4) is 11.1 Å². The Morgan fingerprint density at radius 2 is 1.70 bits per heavy atom. The van der Waals surface area contributed by atoms with Gasteiger partial charge in [-0.1, -0.05) is 73.8 Å². The molecule has 0 spiro atoms. The van der Waals surface area contributed by atoms with E-state index in [-0.39, 0.29) is 41.9 Å². The van der Waals surface area contributed by atoms with Gasteiger partial charge in [-0.25, -0.2) is 4.98 Å². The minimum absolute atomic E-state index is 0.00305. The van der Waals surface area contributed by atoms with Crippen LogP contribution in [0.4, 0.5) is 0 Å². The van der Waals surface area contributed by atoms with Crippen LogP contribution in [0.15, 0.2) is 77.2 Å². The summed E-state index contributed by atoms with van der Waals surface area (Å²) >= 11 is 6.31. The molecule has 0 aliphatic heterocycles. The molecule has 4 aromatic rings. The molecule has 1 aromatic heterocycles. The molecule has 7 nitrogen and oxygen atoms in total. The molecule has 8 heteroatoms. The Kier molecular flexibility index (Phi) is 8.60. The number of halogens is 1. The summed E-state index contributed by atoms with van der Waals surface area (Å²) in [6, 6.07) is 21.3. The van der Waals surface area contributed by atoms with Crippen molar-refractivity contribution in [2.45, 2.75) is 57.5 Å². The van der Waals surface area contributed by atoms with Crippen molar-refractivity contribution in [2.24, 2.45) is 5.92 Å². The van der Waals surface area contributed by atoms with Gasteiger partial charge in [0.25, 0.3) is 11.8 Å². The molecule has 40 heavy (non-hydrogen) atoms. The fourth-order valence-electron chi connectivity index (χ4n) is 5.36. The van der Waals surface area contributed by atoms with Gasteiger partial charge in [0.05, 0.1) is 6.04 Å². The van der Waals surface area contributed by atoms with Crippen LogP contribution in [0.5, 0.6) is 0 Å². The van der Waals surface area contributed by atoms with Gasteiger partial charge in [-0.3, -0.25) is 14.4 Å². The maximum Gasteiger partial charge on any atom is 0.266 e. The van der Waals surface area contributed by atoms with Crippen molar-refractivity contribution in [1.29, 1.82) is 0 Å². The van der Waals surface area contributed by atoms with Crippen molar-refractivity contribution in [1.82, 2.24) is 15.6 Å². The van der Waals surface area contributed by atoms with Crippen LogP contribution >= 0.6 is 11.6 Å². The van der Waals surface area contributed by atoms with Crippen LogP contribution in [-0.2, 0) is 4.79 Å². The number of nitrogens with one attached hydrogen (secondary N) is 2. The second kappa shape index (κ2) is 12.5. The van der Waals surface area contributed by atoms with E-state index in [0.29, 0.717) is 28.1 Å². The van der Waals surface area contributed by atoms with Gasteiger partial charge < -0.3 is 15.1 Å². The highest BCUT2D eigenvalue weighted by atomic mass is 35.5. The second-order valence-corrected chi connectivity index (χ2v) is 10.7. The highest BCUT2D eigenvalue weighted by molar-refractivity contribution is 6.33. The number of benzene rings is 3. The van der Waals surface area contributed by atoms with Gasteiger partial charge in [0.1, 0.15) is 5.52 Å². The highest BCUT2D eigenvalue weighted by Crippen LogP contribution is 2.29. The van der Waals surface area contributed by atoms with Crippen molar-refractivity contribution in [3.05, 3.63) is 89.3 Å². The molecule has 2 amide bonds. The summed E-state index contributed by atoms with van der Waals surface area (Å²) in [5.74, 6) is -0.748. The van der Waals surface area contributed by atoms with Crippen LogP contribution in [0.3, 0.4) is 0 Å². The summed E-state index contributed by atoms with van der Waals surface area (Å²) in [6.45, 7) is 1.84. The zero-order chi connectivity index (χ0) is 28.1. The summed E-state index contributed by atoms with van der Waals surface area (Å²) in [5.41, 5.74) is 3.54. The topological polar surface area (TPSA) is 101 Å². The Labute approximate surface area is 238 Å². The third kappa shape index (κ3) is 6.26. The number of hydrogen-bond donors (Lipinski definition) is 2. The Hall–Kier alpha value is -3.97. The molecule has 0 bridgehead atoms. The number of carbonyl (C=O) groups is 3. The van der Waals surface area contributed by atoms with Crippen molar-refractivity contribution in [3.63, 3.8) is 0 Å². The van der Waals surface area contributed by atoms with Crippen molar-refractivity contribution >= 4 is 40.3 Å². The molecule has 1 aliphatic carbocycles. The molecule has 2 N–H and O–H groups in total.